The molecule has 0 unspecified atom stereocenters. The van der Waals surface area contributed by atoms with Gasteiger partial charge in [0.25, 0.3) is 10.0 Å². The normalized spacial score (nSPS) is 17.8. The smallest absolute Gasteiger partial charge is 0.284 e. The van der Waals surface area contributed by atoms with Crippen molar-refractivity contribution in [3.8, 4) is 0 Å². The van der Waals surface area contributed by atoms with E-state index < -0.39 is 10.0 Å². The van der Waals surface area contributed by atoms with Gasteiger partial charge in [-0.3, -0.25) is 9.69 Å². The molecule has 0 saturated carbocycles. The van der Waals surface area contributed by atoms with Crippen molar-refractivity contribution in [3.05, 3.63) is 41.4 Å². The van der Waals surface area contributed by atoms with Crippen molar-refractivity contribution in [1.82, 2.24) is 4.90 Å². The quantitative estimate of drug-likeness (QED) is 0.758. The number of hydrogen-bond donors (Lipinski definition) is 0. The van der Waals surface area contributed by atoms with Crippen molar-refractivity contribution >= 4 is 48.8 Å². The molecule has 1 aromatic rings. The Morgan fingerprint density at radius 3 is 2.65 bits per heavy atom. The molecule has 1 aliphatic heterocycles. The summed E-state index contributed by atoms with van der Waals surface area (Å²) in [6, 6.07) is 6.18. The predicted molar refractivity (Wildman–Crippen MR) is 83.1 cm³/mol. The van der Waals surface area contributed by atoms with Gasteiger partial charge >= 0.3 is 0 Å². The summed E-state index contributed by atoms with van der Waals surface area (Å²) in [7, 11) is -3.82. The Labute approximate surface area is 129 Å². The van der Waals surface area contributed by atoms with Crippen LogP contribution in [0.2, 0.25) is 0 Å². The van der Waals surface area contributed by atoms with Gasteiger partial charge in [-0.05, 0) is 24.3 Å². The summed E-state index contributed by atoms with van der Waals surface area (Å²) in [5.41, 5.74) is 0. The van der Waals surface area contributed by atoms with Crippen LogP contribution in [0.5, 0.6) is 0 Å². The van der Waals surface area contributed by atoms with E-state index in [0.717, 1.165) is 16.2 Å². The molecule has 0 radical (unpaired) electrons. The van der Waals surface area contributed by atoms with E-state index in [1.807, 2.05) is 0 Å². The molecule has 0 atom stereocenters. The summed E-state index contributed by atoms with van der Waals surface area (Å²) in [4.78, 5) is 13.0. The largest absolute Gasteiger partial charge is 0.286 e. The zero-order valence-electron chi connectivity index (χ0n) is 10.3. The van der Waals surface area contributed by atoms with E-state index in [0.29, 0.717) is 0 Å². The van der Waals surface area contributed by atoms with Crippen LogP contribution in [0.1, 0.15) is 0 Å². The Bertz CT molecular complexity index is 668. The van der Waals surface area contributed by atoms with Crippen molar-refractivity contribution in [3.63, 3.8) is 0 Å². The van der Waals surface area contributed by atoms with E-state index in [1.165, 1.54) is 23.1 Å². The second-order valence-electron chi connectivity index (χ2n) is 3.88. The van der Waals surface area contributed by atoms with Crippen molar-refractivity contribution in [2.45, 2.75) is 4.90 Å². The minimum absolute atomic E-state index is 0.0895. The molecule has 0 N–H and O–H groups in total. The van der Waals surface area contributed by atoms with Crippen molar-refractivity contribution < 1.29 is 13.2 Å². The van der Waals surface area contributed by atoms with E-state index in [9.17, 15) is 13.2 Å². The van der Waals surface area contributed by atoms with E-state index in [1.54, 1.807) is 12.1 Å². The standard InChI is InChI=1S/C12H11BrN2O3S2/c1-2-7-15-11(16)8-19-12(15)14-20(17,18)10-5-3-9(13)4-6-10/h2-6H,1,7-8H2/b14-12+. The van der Waals surface area contributed by atoms with Crippen LogP contribution in [-0.4, -0.2) is 36.7 Å². The molecule has 5 nitrogen and oxygen atoms in total. The number of amidine groups is 1. The van der Waals surface area contributed by atoms with Gasteiger partial charge in [0.05, 0.1) is 10.6 Å². The fourth-order valence-corrected chi connectivity index (χ4v) is 3.94. The van der Waals surface area contributed by atoms with Gasteiger partial charge in [0.15, 0.2) is 5.17 Å². The number of halogens is 1. The zero-order valence-corrected chi connectivity index (χ0v) is 13.5. The van der Waals surface area contributed by atoms with Gasteiger partial charge in [0.1, 0.15) is 0 Å². The van der Waals surface area contributed by atoms with Crippen molar-refractivity contribution in [2.75, 3.05) is 12.3 Å². The van der Waals surface area contributed by atoms with E-state index >= 15 is 0 Å². The highest BCUT2D eigenvalue weighted by atomic mass is 79.9. The molecular formula is C12H11BrN2O3S2. The van der Waals surface area contributed by atoms with Gasteiger partial charge < -0.3 is 0 Å². The SMILES string of the molecule is C=CCN1C(=O)CS/C1=N/S(=O)(=O)c1ccc(Br)cc1. The first-order valence-corrected chi connectivity index (χ1v) is 8.80. The maximum atomic E-state index is 12.2. The molecule has 2 rings (SSSR count). The number of carbonyl (C=O) groups excluding carboxylic acids is 1. The van der Waals surface area contributed by atoms with Crippen LogP contribution in [0.4, 0.5) is 0 Å². The summed E-state index contributed by atoms with van der Waals surface area (Å²) in [5.74, 6) is 0.0300. The second-order valence-corrected chi connectivity index (χ2v) is 7.35. The molecule has 1 aromatic carbocycles. The van der Waals surface area contributed by atoms with Gasteiger partial charge in [-0.25, -0.2) is 0 Å². The first-order chi connectivity index (χ1) is 9.44. The minimum atomic E-state index is -3.82. The Morgan fingerprint density at radius 2 is 2.05 bits per heavy atom. The third-order valence-corrected chi connectivity index (χ3v) is 5.36. The van der Waals surface area contributed by atoms with Gasteiger partial charge in [-0.1, -0.05) is 33.8 Å². The molecule has 0 bridgehead atoms. The lowest BCUT2D eigenvalue weighted by Gasteiger charge is -2.12. The van der Waals surface area contributed by atoms with Crippen LogP contribution < -0.4 is 0 Å². The number of thioether (sulfide) groups is 1. The summed E-state index contributed by atoms with van der Waals surface area (Å²) < 4.78 is 28.9. The summed E-state index contributed by atoms with van der Waals surface area (Å²) >= 11 is 4.35. The number of sulfonamides is 1. The maximum Gasteiger partial charge on any atom is 0.284 e. The van der Waals surface area contributed by atoms with Gasteiger partial charge in [-0.2, -0.15) is 8.42 Å². The minimum Gasteiger partial charge on any atom is -0.286 e. The first-order valence-electron chi connectivity index (χ1n) is 5.58. The monoisotopic (exact) mass is 374 g/mol. The van der Waals surface area contributed by atoms with E-state index in [4.69, 9.17) is 0 Å². The van der Waals surface area contributed by atoms with Crippen LogP contribution in [-0.2, 0) is 14.8 Å². The highest BCUT2D eigenvalue weighted by Crippen LogP contribution is 2.23. The lowest BCUT2D eigenvalue weighted by Crippen LogP contribution is -2.30. The molecule has 0 aliphatic carbocycles. The van der Waals surface area contributed by atoms with Crippen LogP contribution in [0.25, 0.3) is 0 Å². The summed E-state index contributed by atoms with van der Waals surface area (Å²) in [6.07, 6.45) is 1.53. The average molecular weight is 375 g/mol. The van der Waals surface area contributed by atoms with Crippen LogP contribution in [0, 0.1) is 0 Å². The van der Waals surface area contributed by atoms with Gasteiger partial charge in [0, 0.05) is 11.0 Å². The number of amides is 1. The Hall–Kier alpha value is -1.12. The summed E-state index contributed by atoms with van der Waals surface area (Å²) in [6.45, 7) is 3.80. The lowest BCUT2D eigenvalue weighted by molar-refractivity contribution is -0.123. The molecule has 1 aliphatic rings. The van der Waals surface area contributed by atoms with E-state index in [-0.39, 0.29) is 28.3 Å². The third kappa shape index (κ3) is 3.31. The fraction of sp³-hybridized carbons (Fsp3) is 0.167. The molecule has 8 heteroatoms. The maximum absolute atomic E-state index is 12.2. The predicted octanol–water partition coefficient (Wildman–Crippen LogP) is 2.26. The number of nitrogens with zero attached hydrogens (tertiary/aromatic N) is 2. The highest BCUT2D eigenvalue weighted by Gasteiger charge is 2.29. The lowest BCUT2D eigenvalue weighted by atomic mass is 10.4. The van der Waals surface area contributed by atoms with Crippen molar-refractivity contribution in [2.24, 2.45) is 4.40 Å². The van der Waals surface area contributed by atoms with E-state index in [2.05, 4.69) is 26.9 Å². The van der Waals surface area contributed by atoms with Gasteiger partial charge in [-0.15, -0.1) is 11.0 Å². The molecule has 1 saturated heterocycles. The highest BCUT2D eigenvalue weighted by molar-refractivity contribution is 9.10. The number of benzene rings is 1. The Morgan fingerprint density at radius 1 is 1.40 bits per heavy atom. The Balaban J connectivity index is 2.35. The Kier molecular flexibility index (Phi) is 4.66. The number of hydrogen-bond acceptors (Lipinski definition) is 4. The molecule has 1 heterocycles. The molecule has 1 fully saturated rings. The third-order valence-electron chi connectivity index (χ3n) is 2.48. The molecule has 106 valence electrons. The number of carbonyl (C=O) groups is 1. The second kappa shape index (κ2) is 6.11. The molecule has 0 aromatic heterocycles. The topological polar surface area (TPSA) is 66.8 Å². The average Bonchev–Trinajstić information content (AvgIpc) is 2.72. The first kappa shape index (κ1) is 15.3. The molecule has 1 amide bonds. The zero-order chi connectivity index (χ0) is 14.8. The molecule has 20 heavy (non-hydrogen) atoms. The van der Waals surface area contributed by atoms with Crippen LogP contribution in [0.3, 0.4) is 0 Å². The molecular weight excluding hydrogens is 364 g/mol. The van der Waals surface area contributed by atoms with Gasteiger partial charge in [0.2, 0.25) is 5.91 Å². The fourth-order valence-electron chi connectivity index (χ4n) is 1.54. The number of rotatable bonds is 4. The van der Waals surface area contributed by atoms with Crippen LogP contribution in [0.15, 0.2) is 50.7 Å². The van der Waals surface area contributed by atoms with Crippen LogP contribution >= 0.6 is 27.7 Å². The van der Waals surface area contributed by atoms with Crippen molar-refractivity contribution in [1.29, 1.82) is 0 Å². The summed E-state index contributed by atoms with van der Waals surface area (Å²) in [5, 5.41) is 0.192. The molecule has 0 spiro atoms.